The van der Waals surface area contributed by atoms with Crippen LogP contribution in [0.1, 0.15) is 39.5 Å². The molecule has 4 heteroatoms. The first-order valence-electron chi connectivity index (χ1n) is 11.2. The molecule has 0 amide bonds. The number of benzene rings is 1. The lowest BCUT2D eigenvalue weighted by molar-refractivity contribution is 0.721. The lowest BCUT2D eigenvalue weighted by Crippen LogP contribution is -2.30. The second-order valence-electron chi connectivity index (χ2n) is 8.18. The van der Waals surface area contributed by atoms with Crippen LogP contribution in [0.2, 0.25) is 0 Å². The van der Waals surface area contributed by atoms with Crippen molar-refractivity contribution < 1.29 is 0 Å². The van der Waals surface area contributed by atoms with Crippen molar-refractivity contribution in [2.45, 2.75) is 45.6 Å². The molecule has 0 N–H and O–H groups in total. The molecule has 0 aliphatic carbocycles. The highest BCUT2D eigenvalue weighted by Gasteiger charge is 2.24. The van der Waals surface area contributed by atoms with Gasteiger partial charge in [0.25, 0.3) is 0 Å². The van der Waals surface area contributed by atoms with Crippen molar-refractivity contribution in [1.82, 2.24) is 9.97 Å². The Morgan fingerprint density at radius 2 is 1.97 bits per heavy atom. The number of pyridine rings is 2. The Kier molecular flexibility index (Phi) is 6.32. The van der Waals surface area contributed by atoms with Crippen molar-refractivity contribution in [3.05, 3.63) is 61.2 Å². The number of rotatable bonds is 8. The second-order valence-corrected chi connectivity index (χ2v) is 8.18. The molecule has 1 saturated heterocycles. The highest BCUT2D eigenvalue weighted by molar-refractivity contribution is 5.93. The zero-order chi connectivity index (χ0) is 20.9. The number of hydrogen-bond donors (Lipinski definition) is 0. The lowest BCUT2D eigenvalue weighted by Gasteiger charge is -2.28. The molecule has 0 bridgehead atoms. The summed E-state index contributed by atoms with van der Waals surface area (Å²) < 4.78 is 0. The molecule has 1 aliphatic rings. The Balaban J connectivity index is 1.85. The van der Waals surface area contributed by atoms with Gasteiger partial charge in [-0.1, -0.05) is 43.3 Å². The predicted octanol–water partition coefficient (Wildman–Crippen LogP) is 6.08. The van der Waals surface area contributed by atoms with Crippen LogP contribution in [0.25, 0.3) is 22.2 Å². The smallest absolute Gasteiger partial charge is 0.140 e. The van der Waals surface area contributed by atoms with Gasteiger partial charge in [-0.05, 0) is 44.7 Å². The zero-order valence-electron chi connectivity index (χ0n) is 18.2. The molecule has 4 rings (SSSR count). The van der Waals surface area contributed by atoms with Gasteiger partial charge in [-0.2, -0.15) is 0 Å². The molecular weight excluding hydrogens is 368 g/mol. The van der Waals surface area contributed by atoms with Crippen LogP contribution in [0.15, 0.2) is 61.2 Å². The van der Waals surface area contributed by atoms with Crippen LogP contribution in [-0.2, 0) is 0 Å². The van der Waals surface area contributed by atoms with Crippen molar-refractivity contribution in [3.8, 4) is 11.3 Å². The van der Waals surface area contributed by atoms with Crippen LogP contribution in [0.3, 0.4) is 0 Å². The van der Waals surface area contributed by atoms with Crippen molar-refractivity contribution in [2.75, 3.05) is 29.4 Å². The summed E-state index contributed by atoms with van der Waals surface area (Å²) in [6.45, 7) is 11.4. The van der Waals surface area contributed by atoms with E-state index >= 15 is 0 Å². The molecule has 1 unspecified atom stereocenters. The van der Waals surface area contributed by atoms with Crippen LogP contribution in [0, 0.1) is 0 Å². The van der Waals surface area contributed by atoms with Crippen molar-refractivity contribution in [3.63, 3.8) is 0 Å². The van der Waals surface area contributed by atoms with Gasteiger partial charge in [-0.15, -0.1) is 6.58 Å². The van der Waals surface area contributed by atoms with Gasteiger partial charge in [0.15, 0.2) is 0 Å². The molecule has 1 aromatic carbocycles. The van der Waals surface area contributed by atoms with Crippen molar-refractivity contribution in [2.24, 2.45) is 0 Å². The number of nitrogens with zero attached hydrogens (tertiary/aromatic N) is 4. The van der Waals surface area contributed by atoms with E-state index in [9.17, 15) is 0 Å². The van der Waals surface area contributed by atoms with Crippen LogP contribution in [0.4, 0.5) is 11.6 Å². The molecule has 4 nitrogen and oxygen atoms in total. The average molecular weight is 401 g/mol. The first kappa shape index (κ1) is 20.4. The summed E-state index contributed by atoms with van der Waals surface area (Å²) in [5, 5.41) is 1.13. The first-order chi connectivity index (χ1) is 14.7. The lowest BCUT2D eigenvalue weighted by atomic mass is 10.1. The number of anilines is 2. The van der Waals surface area contributed by atoms with E-state index in [4.69, 9.17) is 9.97 Å². The van der Waals surface area contributed by atoms with Gasteiger partial charge in [0.05, 0.1) is 11.2 Å². The second kappa shape index (κ2) is 9.29. The molecule has 1 aliphatic heterocycles. The minimum absolute atomic E-state index is 0.521. The van der Waals surface area contributed by atoms with Crippen molar-refractivity contribution in [1.29, 1.82) is 0 Å². The monoisotopic (exact) mass is 400 g/mol. The van der Waals surface area contributed by atoms with Crippen LogP contribution in [-0.4, -0.2) is 35.6 Å². The van der Waals surface area contributed by atoms with E-state index in [1.165, 1.54) is 12.8 Å². The molecule has 1 atom stereocenters. The minimum atomic E-state index is 0.521. The van der Waals surface area contributed by atoms with Gasteiger partial charge in [-0.3, -0.25) is 0 Å². The third kappa shape index (κ3) is 4.18. The normalized spacial score (nSPS) is 16.2. The molecule has 30 heavy (non-hydrogen) atoms. The Bertz CT molecular complexity index is 999. The summed E-state index contributed by atoms with van der Waals surface area (Å²) in [6, 6.07) is 17.4. The molecule has 3 aromatic rings. The maximum atomic E-state index is 5.19. The van der Waals surface area contributed by atoms with E-state index in [-0.39, 0.29) is 0 Å². The quantitative estimate of drug-likeness (QED) is 0.429. The largest absolute Gasteiger partial charge is 0.356 e. The molecule has 0 radical (unpaired) electrons. The number of hydrogen-bond acceptors (Lipinski definition) is 4. The van der Waals surface area contributed by atoms with E-state index in [1.807, 2.05) is 12.1 Å². The third-order valence-corrected chi connectivity index (χ3v) is 5.96. The van der Waals surface area contributed by atoms with Crippen LogP contribution in [0.5, 0.6) is 0 Å². The highest BCUT2D eigenvalue weighted by Crippen LogP contribution is 2.33. The van der Waals surface area contributed by atoms with Crippen molar-refractivity contribution >= 4 is 22.5 Å². The van der Waals surface area contributed by atoms with Gasteiger partial charge in [-0.25, -0.2) is 9.97 Å². The number of fused-ring (bicyclic) bond motifs is 1. The average Bonchev–Trinajstić information content (AvgIpc) is 3.22. The zero-order valence-corrected chi connectivity index (χ0v) is 18.2. The third-order valence-electron chi connectivity index (χ3n) is 5.96. The van der Waals surface area contributed by atoms with E-state index in [0.29, 0.717) is 6.04 Å². The summed E-state index contributed by atoms with van der Waals surface area (Å²) in [5.74, 6) is 2.11. The summed E-state index contributed by atoms with van der Waals surface area (Å²) in [6.07, 6.45) is 6.47. The fraction of sp³-hybridized carbons (Fsp3) is 0.385. The molecule has 1 fully saturated rings. The van der Waals surface area contributed by atoms with Crippen LogP contribution < -0.4 is 9.80 Å². The molecule has 0 spiro atoms. The Labute approximate surface area is 180 Å². The molecule has 3 heterocycles. The topological polar surface area (TPSA) is 32.3 Å². The molecule has 2 aromatic heterocycles. The van der Waals surface area contributed by atoms with Gasteiger partial charge in [0, 0.05) is 42.7 Å². The summed E-state index contributed by atoms with van der Waals surface area (Å²) in [7, 11) is 0. The molecule has 0 saturated carbocycles. The highest BCUT2D eigenvalue weighted by atomic mass is 15.3. The fourth-order valence-electron chi connectivity index (χ4n) is 4.37. The van der Waals surface area contributed by atoms with E-state index in [2.05, 4.69) is 72.7 Å². The Morgan fingerprint density at radius 3 is 2.67 bits per heavy atom. The summed E-state index contributed by atoms with van der Waals surface area (Å²) in [5.41, 5.74) is 3.18. The Morgan fingerprint density at radius 1 is 1.13 bits per heavy atom. The standard InChI is InChI=1S/C26H32N4/c1-4-6-17-29(16-5-2)26-22-14-15-23(21-12-8-7-9-13-21)27-24(22)19-25(28-26)30-18-10-11-20(30)3/h4,7-9,12-15,19-20H,1,5-6,10-11,16-18H2,2-3H3. The van der Waals surface area contributed by atoms with E-state index in [1.54, 1.807) is 0 Å². The summed E-state index contributed by atoms with van der Waals surface area (Å²) >= 11 is 0. The van der Waals surface area contributed by atoms with Gasteiger partial charge in [0.1, 0.15) is 11.6 Å². The van der Waals surface area contributed by atoms with Gasteiger partial charge < -0.3 is 9.80 Å². The van der Waals surface area contributed by atoms with Gasteiger partial charge in [0.2, 0.25) is 0 Å². The SMILES string of the molecule is C=CCCN(CCC)c1nc(N2CCCC2C)cc2nc(-c3ccccc3)ccc12. The Hall–Kier alpha value is -2.88. The summed E-state index contributed by atoms with van der Waals surface area (Å²) in [4.78, 5) is 15.1. The fourth-order valence-corrected chi connectivity index (χ4v) is 4.37. The van der Waals surface area contributed by atoms with Gasteiger partial charge >= 0.3 is 0 Å². The number of aromatic nitrogens is 2. The maximum Gasteiger partial charge on any atom is 0.140 e. The van der Waals surface area contributed by atoms with E-state index in [0.717, 1.165) is 66.3 Å². The molecular formula is C26H32N4. The molecule has 156 valence electrons. The maximum absolute atomic E-state index is 5.19. The minimum Gasteiger partial charge on any atom is -0.356 e. The first-order valence-corrected chi connectivity index (χ1v) is 11.2. The van der Waals surface area contributed by atoms with Crippen LogP contribution >= 0.6 is 0 Å². The predicted molar refractivity (Wildman–Crippen MR) is 128 cm³/mol. The van der Waals surface area contributed by atoms with E-state index < -0.39 is 0 Å².